The Kier molecular flexibility index (Phi) is 5.84. The summed E-state index contributed by atoms with van der Waals surface area (Å²) >= 11 is 0. The number of carboxylic acids is 1. The number of fused-ring (bicyclic) bond motifs is 3. The molecule has 26 heavy (non-hydrogen) atoms. The first-order chi connectivity index (χ1) is 12.3. The number of carbonyl (C=O) groups excluding carboxylic acids is 1. The quantitative estimate of drug-likeness (QED) is 0.577. The Morgan fingerprint density at radius 1 is 1.19 bits per heavy atom. The van der Waals surface area contributed by atoms with Crippen molar-refractivity contribution in [2.75, 3.05) is 0 Å². The molecule has 0 bridgehead atoms. The summed E-state index contributed by atoms with van der Waals surface area (Å²) in [6.07, 6.45) is 12.7. The third-order valence-electron chi connectivity index (χ3n) is 8.53. The van der Waals surface area contributed by atoms with Crippen LogP contribution in [-0.4, -0.2) is 16.9 Å². The van der Waals surface area contributed by atoms with E-state index in [2.05, 4.69) is 20.8 Å². The lowest BCUT2D eigenvalue weighted by atomic mass is 9.47. The van der Waals surface area contributed by atoms with E-state index in [1.54, 1.807) is 0 Å². The van der Waals surface area contributed by atoms with Crippen LogP contribution in [-0.2, 0) is 9.59 Å². The van der Waals surface area contributed by atoms with Gasteiger partial charge in [0.25, 0.3) is 0 Å². The molecule has 0 heterocycles. The van der Waals surface area contributed by atoms with Gasteiger partial charge in [0.2, 0.25) is 0 Å². The lowest BCUT2D eigenvalue weighted by molar-refractivity contribution is -0.140. The van der Waals surface area contributed by atoms with Crippen molar-refractivity contribution in [1.29, 1.82) is 0 Å². The fraction of sp³-hybridized carbons (Fsp3) is 0.913. The number of Topliss-reactive ketones (excluding diaryl/α,β-unsaturated/α-hetero) is 1. The average molecular weight is 363 g/mol. The fourth-order valence-corrected chi connectivity index (χ4v) is 7.11. The van der Waals surface area contributed by atoms with E-state index in [0.717, 1.165) is 38.0 Å². The van der Waals surface area contributed by atoms with Gasteiger partial charge in [0, 0.05) is 18.3 Å². The topological polar surface area (TPSA) is 54.4 Å². The van der Waals surface area contributed by atoms with Gasteiger partial charge in [-0.05, 0) is 67.6 Å². The maximum absolute atomic E-state index is 12.6. The molecule has 3 heteroatoms. The van der Waals surface area contributed by atoms with Gasteiger partial charge >= 0.3 is 5.97 Å². The zero-order valence-corrected chi connectivity index (χ0v) is 17.1. The molecule has 3 aliphatic carbocycles. The van der Waals surface area contributed by atoms with Gasteiger partial charge < -0.3 is 5.11 Å². The van der Waals surface area contributed by atoms with Crippen LogP contribution in [0.5, 0.6) is 0 Å². The molecular formula is C23H38O3. The molecular weight excluding hydrogens is 324 g/mol. The summed E-state index contributed by atoms with van der Waals surface area (Å²) in [5, 5.41) is 9.28. The second-order valence-electron chi connectivity index (χ2n) is 10.1. The summed E-state index contributed by atoms with van der Waals surface area (Å²) < 4.78 is 0. The van der Waals surface area contributed by atoms with Crippen LogP contribution in [0.4, 0.5) is 0 Å². The Bertz CT molecular complexity index is 542. The Morgan fingerprint density at radius 2 is 1.96 bits per heavy atom. The Labute approximate surface area is 159 Å². The SMILES string of the molecule is CCCCC[C@@H]1C[C@@H]2[C@H](CC[C@]3(C)C(=O)CC[C@@H]23)[C@@](C)(CCC(=O)O)C1. The van der Waals surface area contributed by atoms with Crippen LogP contribution >= 0.6 is 0 Å². The summed E-state index contributed by atoms with van der Waals surface area (Å²) in [6, 6.07) is 0. The van der Waals surface area contributed by atoms with E-state index in [9.17, 15) is 14.7 Å². The predicted octanol–water partition coefficient (Wildman–Crippen LogP) is 5.86. The molecule has 0 aromatic rings. The first-order valence-corrected chi connectivity index (χ1v) is 11.1. The van der Waals surface area contributed by atoms with Crippen molar-refractivity contribution >= 4 is 11.8 Å². The first-order valence-electron chi connectivity index (χ1n) is 11.1. The molecule has 0 aromatic carbocycles. The molecule has 0 amide bonds. The highest BCUT2D eigenvalue weighted by atomic mass is 16.4. The van der Waals surface area contributed by atoms with E-state index in [1.807, 2.05) is 0 Å². The Balaban J connectivity index is 1.81. The smallest absolute Gasteiger partial charge is 0.303 e. The molecule has 3 fully saturated rings. The second-order valence-corrected chi connectivity index (χ2v) is 10.1. The number of rotatable bonds is 7. The van der Waals surface area contributed by atoms with E-state index in [4.69, 9.17) is 0 Å². The highest BCUT2D eigenvalue weighted by Gasteiger charge is 2.58. The molecule has 3 nitrogen and oxygen atoms in total. The summed E-state index contributed by atoms with van der Waals surface area (Å²) in [4.78, 5) is 23.9. The van der Waals surface area contributed by atoms with Gasteiger partial charge in [0.1, 0.15) is 5.78 Å². The molecule has 0 aliphatic heterocycles. The van der Waals surface area contributed by atoms with Gasteiger partial charge in [-0.3, -0.25) is 9.59 Å². The van der Waals surface area contributed by atoms with E-state index < -0.39 is 5.97 Å². The summed E-state index contributed by atoms with van der Waals surface area (Å²) in [5.41, 5.74) is 0.0609. The summed E-state index contributed by atoms with van der Waals surface area (Å²) in [6.45, 7) is 6.86. The largest absolute Gasteiger partial charge is 0.481 e. The van der Waals surface area contributed by atoms with E-state index in [-0.39, 0.29) is 10.8 Å². The number of aliphatic carboxylic acids is 1. The van der Waals surface area contributed by atoms with E-state index in [1.165, 1.54) is 38.5 Å². The molecule has 0 unspecified atom stereocenters. The fourth-order valence-electron chi connectivity index (χ4n) is 7.11. The number of carboxylic acid groups (broad SMARTS) is 1. The standard InChI is InChI=1S/C23H38O3/c1-4-5-6-7-16-14-17-18(22(2,15-16)12-11-21(25)26)10-13-23(3)19(17)8-9-20(23)24/h16-19H,4-15H2,1-3H3,(H,25,26)/t16-,17-,18+,19+,22+,23+/m1/s1. The maximum Gasteiger partial charge on any atom is 0.303 e. The lowest BCUT2D eigenvalue weighted by Crippen LogP contribution is -2.50. The second kappa shape index (κ2) is 7.64. The highest BCUT2D eigenvalue weighted by molar-refractivity contribution is 5.87. The van der Waals surface area contributed by atoms with Crippen molar-refractivity contribution in [2.45, 2.75) is 97.8 Å². The van der Waals surface area contributed by atoms with Crippen molar-refractivity contribution in [1.82, 2.24) is 0 Å². The normalized spacial score (nSPS) is 42.3. The van der Waals surface area contributed by atoms with Gasteiger partial charge in [-0.25, -0.2) is 0 Å². The van der Waals surface area contributed by atoms with E-state index in [0.29, 0.717) is 30.0 Å². The molecule has 3 saturated carbocycles. The van der Waals surface area contributed by atoms with Gasteiger partial charge in [-0.15, -0.1) is 0 Å². The van der Waals surface area contributed by atoms with Crippen LogP contribution in [0.25, 0.3) is 0 Å². The van der Waals surface area contributed by atoms with Gasteiger partial charge in [0.15, 0.2) is 0 Å². The van der Waals surface area contributed by atoms with Crippen LogP contribution in [0.2, 0.25) is 0 Å². The van der Waals surface area contributed by atoms with E-state index >= 15 is 0 Å². The Hall–Kier alpha value is -0.860. The zero-order chi connectivity index (χ0) is 18.9. The van der Waals surface area contributed by atoms with Crippen LogP contribution < -0.4 is 0 Å². The van der Waals surface area contributed by atoms with Crippen molar-refractivity contribution < 1.29 is 14.7 Å². The molecule has 0 radical (unpaired) electrons. The predicted molar refractivity (Wildman–Crippen MR) is 104 cm³/mol. The number of hydrogen-bond donors (Lipinski definition) is 1. The van der Waals surface area contributed by atoms with Crippen LogP contribution in [0.1, 0.15) is 97.8 Å². The van der Waals surface area contributed by atoms with Crippen molar-refractivity contribution in [3.8, 4) is 0 Å². The molecule has 0 spiro atoms. The number of unbranched alkanes of at least 4 members (excludes halogenated alkanes) is 2. The lowest BCUT2D eigenvalue weighted by Gasteiger charge is -2.57. The molecule has 1 N–H and O–H groups in total. The van der Waals surface area contributed by atoms with Crippen LogP contribution in [0.3, 0.4) is 0 Å². The van der Waals surface area contributed by atoms with Gasteiger partial charge in [-0.2, -0.15) is 0 Å². The Morgan fingerprint density at radius 3 is 2.65 bits per heavy atom. The molecule has 3 aliphatic rings. The minimum Gasteiger partial charge on any atom is -0.481 e. The number of carbonyl (C=O) groups is 2. The van der Waals surface area contributed by atoms with Crippen molar-refractivity contribution in [2.24, 2.45) is 34.5 Å². The van der Waals surface area contributed by atoms with Gasteiger partial charge in [0.05, 0.1) is 0 Å². The van der Waals surface area contributed by atoms with Crippen LogP contribution in [0.15, 0.2) is 0 Å². The maximum atomic E-state index is 12.6. The molecule has 3 rings (SSSR count). The van der Waals surface area contributed by atoms with Gasteiger partial charge in [-0.1, -0.05) is 46.5 Å². The molecule has 6 atom stereocenters. The number of ketones is 1. The van der Waals surface area contributed by atoms with Crippen molar-refractivity contribution in [3.63, 3.8) is 0 Å². The molecule has 148 valence electrons. The van der Waals surface area contributed by atoms with Crippen molar-refractivity contribution in [3.05, 3.63) is 0 Å². The number of hydrogen-bond acceptors (Lipinski definition) is 2. The third-order valence-corrected chi connectivity index (χ3v) is 8.53. The third kappa shape index (κ3) is 3.60. The first kappa shape index (κ1) is 19.9. The zero-order valence-electron chi connectivity index (χ0n) is 17.1. The van der Waals surface area contributed by atoms with Crippen LogP contribution in [0, 0.1) is 34.5 Å². The highest BCUT2D eigenvalue weighted by Crippen LogP contribution is 2.63. The summed E-state index contributed by atoms with van der Waals surface area (Å²) in [5.74, 6) is 2.37. The monoisotopic (exact) mass is 362 g/mol. The minimum absolute atomic E-state index is 0.0832. The minimum atomic E-state index is -0.660. The molecule has 0 aromatic heterocycles. The summed E-state index contributed by atoms with van der Waals surface area (Å²) in [7, 11) is 0. The average Bonchev–Trinajstić information content (AvgIpc) is 2.89. The molecule has 0 saturated heterocycles.